The van der Waals surface area contributed by atoms with Crippen LogP contribution < -0.4 is 25.0 Å². The molecule has 4 aromatic rings. The lowest BCUT2D eigenvalue weighted by atomic mass is 10.1. The lowest BCUT2D eigenvalue weighted by molar-refractivity contribution is 0.106. The fraction of sp³-hybridized carbons (Fsp3) is 0.250. The molecule has 1 atom stereocenters. The fourth-order valence-electron chi connectivity index (χ4n) is 3.72. The molecule has 37 heavy (non-hydrogen) atoms. The second-order valence-corrected chi connectivity index (χ2v) is 8.33. The van der Waals surface area contributed by atoms with Gasteiger partial charge in [-0.05, 0) is 60.5 Å². The summed E-state index contributed by atoms with van der Waals surface area (Å²) < 4.78 is 16.3. The summed E-state index contributed by atoms with van der Waals surface area (Å²) in [6.07, 6.45) is 3.59. The number of aliphatic hydroxyl groups is 1. The van der Waals surface area contributed by atoms with Gasteiger partial charge in [0.2, 0.25) is 0 Å². The molecule has 0 spiro atoms. The number of nitrogens with zero attached hydrogens (tertiary/aromatic N) is 3. The molecule has 0 aliphatic heterocycles. The van der Waals surface area contributed by atoms with Crippen molar-refractivity contribution in [2.45, 2.75) is 12.5 Å². The lowest BCUT2D eigenvalue weighted by Crippen LogP contribution is -2.32. The predicted octanol–water partition coefficient (Wildman–Crippen LogP) is 3.67. The van der Waals surface area contributed by atoms with Gasteiger partial charge in [-0.15, -0.1) is 5.10 Å². The highest BCUT2D eigenvalue weighted by Gasteiger charge is 2.07. The Morgan fingerprint density at radius 1 is 1.00 bits per heavy atom. The van der Waals surface area contributed by atoms with Gasteiger partial charge in [0.15, 0.2) is 17.3 Å². The summed E-state index contributed by atoms with van der Waals surface area (Å²) in [6, 6.07) is 21.2. The highest BCUT2D eigenvalue weighted by molar-refractivity contribution is 5.91. The van der Waals surface area contributed by atoms with Crippen molar-refractivity contribution in [2.24, 2.45) is 5.10 Å². The number of aromatic nitrogens is 2. The van der Waals surface area contributed by atoms with Crippen molar-refractivity contribution < 1.29 is 19.3 Å². The van der Waals surface area contributed by atoms with Gasteiger partial charge in [0, 0.05) is 17.3 Å². The first kappa shape index (κ1) is 25.9. The molecule has 3 N–H and O–H groups in total. The number of aliphatic hydroxyl groups excluding tert-OH is 1. The van der Waals surface area contributed by atoms with E-state index in [9.17, 15) is 5.11 Å². The third kappa shape index (κ3) is 7.39. The van der Waals surface area contributed by atoms with Crippen LogP contribution in [0.4, 0.5) is 5.82 Å². The first-order chi connectivity index (χ1) is 18.2. The number of hydrogen-bond acceptors (Lipinski definition) is 9. The van der Waals surface area contributed by atoms with Crippen LogP contribution in [-0.4, -0.2) is 61.5 Å². The highest BCUT2D eigenvalue weighted by Crippen LogP contribution is 2.27. The number of hydrogen-bond donors (Lipinski definition) is 3. The smallest absolute Gasteiger partial charge is 0.176 e. The normalized spacial score (nSPS) is 12.0. The van der Waals surface area contributed by atoms with E-state index in [1.165, 1.54) is 0 Å². The van der Waals surface area contributed by atoms with Crippen LogP contribution in [0.2, 0.25) is 0 Å². The second kappa shape index (κ2) is 13.2. The topological polar surface area (TPSA) is 110 Å². The number of benzene rings is 3. The summed E-state index contributed by atoms with van der Waals surface area (Å²) in [5, 5.41) is 27.8. The van der Waals surface area contributed by atoms with Crippen LogP contribution >= 0.6 is 0 Å². The van der Waals surface area contributed by atoms with E-state index < -0.39 is 6.10 Å². The number of hydrazone groups is 1. The van der Waals surface area contributed by atoms with Crippen molar-refractivity contribution in [3.8, 4) is 17.2 Å². The predicted molar refractivity (Wildman–Crippen MR) is 145 cm³/mol. The molecule has 0 saturated carbocycles. The molecule has 1 unspecified atom stereocenters. The number of fused-ring (bicyclic) bond motifs is 1. The molecule has 3 aromatic carbocycles. The zero-order valence-electron chi connectivity index (χ0n) is 20.9. The molecule has 1 heterocycles. The van der Waals surface area contributed by atoms with Gasteiger partial charge in [0.25, 0.3) is 0 Å². The Balaban J connectivity index is 1.17. The van der Waals surface area contributed by atoms with Gasteiger partial charge in [-0.3, -0.25) is 5.43 Å². The molecule has 9 heteroatoms. The molecule has 0 bridgehead atoms. The van der Waals surface area contributed by atoms with Gasteiger partial charge < -0.3 is 24.6 Å². The monoisotopic (exact) mass is 501 g/mol. The minimum atomic E-state index is -0.627. The maximum absolute atomic E-state index is 10.2. The van der Waals surface area contributed by atoms with Crippen LogP contribution in [0.3, 0.4) is 0 Å². The largest absolute Gasteiger partial charge is 0.493 e. The number of anilines is 1. The van der Waals surface area contributed by atoms with Gasteiger partial charge in [-0.25, -0.2) is 0 Å². The van der Waals surface area contributed by atoms with Crippen molar-refractivity contribution in [1.82, 2.24) is 15.5 Å². The zero-order chi connectivity index (χ0) is 25.9. The third-order valence-corrected chi connectivity index (χ3v) is 5.70. The summed E-state index contributed by atoms with van der Waals surface area (Å²) >= 11 is 0. The molecular weight excluding hydrogens is 470 g/mol. The molecule has 9 nitrogen and oxygen atoms in total. The van der Waals surface area contributed by atoms with Crippen molar-refractivity contribution in [3.05, 3.63) is 84.1 Å². The summed E-state index contributed by atoms with van der Waals surface area (Å²) in [7, 11) is 3.24. The molecule has 0 saturated heterocycles. The average Bonchev–Trinajstić information content (AvgIpc) is 2.95. The van der Waals surface area contributed by atoms with E-state index in [-0.39, 0.29) is 6.61 Å². The van der Waals surface area contributed by atoms with E-state index in [1.54, 1.807) is 26.6 Å². The van der Waals surface area contributed by atoms with Crippen molar-refractivity contribution in [3.63, 3.8) is 0 Å². The molecule has 0 fully saturated rings. The van der Waals surface area contributed by atoms with Crippen molar-refractivity contribution in [1.29, 1.82) is 0 Å². The number of ether oxygens (including phenoxy) is 3. The Morgan fingerprint density at radius 3 is 2.62 bits per heavy atom. The summed E-state index contributed by atoms with van der Waals surface area (Å²) in [5.41, 5.74) is 4.97. The Morgan fingerprint density at radius 2 is 1.81 bits per heavy atom. The molecule has 4 rings (SSSR count). The third-order valence-electron chi connectivity index (χ3n) is 5.70. The van der Waals surface area contributed by atoms with Crippen LogP contribution in [0.1, 0.15) is 11.1 Å². The summed E-state index contributed by atoms with van der Waals surface area (Å²) in [4.78, 5) is 0. The standard InChI is InChI=1S/C28H31N5O4/c1-35-26-12-9-20(15-27(26)36-2)13-14-29-18-23(34)19-37-24-10-7-21(8-11-24)16-30-32-28-25-6-4-3-5-22(25)17-31-33-28/h3-12,15-17,23,29,34H,13-14,18-19H2,1-2H3,(H,32,33)/b30-16+. The maximum Gasteiger partial charge on any atom is 0.176 e. The molecule has 192 valence electrons. The van der Waals surface area contributed by atoms with E-state index in [0.717, 1.165) is 34.9 Å². The molecule has 0 aliphatic rings. The van der Waals surface area contributed by atoms with Gasteiger partial charge in [-0.2, -0.15) is 10.2 Å². The number of rotatable bonds is 13. The Hall–Kier alpha value is -4.21. The van der Waals surface area contributed by atoms with Crippen molar-refractivity contribution >= 4 is 22.8 Å². The SMILES string of the molecule is COc1ccc(CCNCC(O)COc2ccc(/C=N/Nc3nncc4ccccc34)cc2)cc1OC. The van der Waals surface area contributed by atoms with Gasteiger partial charge in [0.05, 0.1) is 26.6 Å². The maximum atomic E-state index is 10.2. The van der Waals surface area contributed by atoms with Crippen LogP contribution in [0.5, 0.6) is 17.2 Å². The van der Waals surface area contributed by atoms with E-state index in [4.69, 9.17) is 14.2 Å². The Labute approximate surface area is 216 Å². The first-order valence-electron chi connectivity index (χ1n) is 12.0. The van der Waals surface area contributed by atoms with Crippen LogP contribution in [-0.2, 0) is 6.42 Å². The zero-order valence-corrected chi connectivity index (χ0v) is 20.9. The molecular formula is C28H31N5O4. The minimum absolute atomic E-state index is 0.193. The van der Waals surface area contributed by atoms with Gasteiger partial charge >= 0.3 is 0 Å². The van der Waals surface area contributed by atoms with Crippen LogP contribution in [0.15, 0.2) is 78.0 Å². The molecule has 0 radical (unpaired) electrons. The van der Waals surface area contributed by atoms with Crippen LogP contribution in [0.25, 0.3) is 10.8 Å². The highest BCUT2D eigenvalue weighted by atomic mass is 16.5. The number of methoxy groups -OCH3 is 2. The van der Waals surface area contributed by atoms with Gasteiger partial charge in [-0.1, -0.05) is 30.3 Å². The van der Waals surface area contributed by atoms with Crippen LogP contribution in [0, 0.1) is 0 Å². The molecule has 0 amide bonds. The fourth-order valence-corrected chi connectivity index (χ4v) is 3.72. The quantitative estimate of drug-likeness (QED) is 0.145. The lowest BCUT2D eigenvalue weighted by Gasteiger charge is -2.14. The van der Waals surface area contributed by atoms with Crippen molar-refractivity contribution in [2.75, 3.05) is 39.3 Å². The summed E-state index contributed by atoms with van der Waals surface area (Å²) in [6.45, 7) is 1.35. The van der Waals surface area contributed by atoms with E-state index in [1.807, 2.05) is 66.7 Å². The Kier molecular flexibility index (Phi) is 9.23. The molecule has 0 aliphatic carbocycles. The first-order valence-corrected chi connectivity index (χ1v) is 12.0. The average molecular weight is 502 g/mol. The van der Waals surface area contributed by atoms with Gasteiger partial charge in [0.1, 0.15) is 18.5 Å². The van der Waals surface area contributed by atoms with E-state index in [0.29, 0.717) is 29.6 Å². The van der Waals surface area contributed by atoms with E-state index in [2.05, 4.69) is 26.0 Å². The van der Waals surface area contributed by atoms with E-state index >= 15 is 0 Å². The molecule has 1 aromatic heterocycles. The Bertz CT molecular complexity index is 1310. The number of nitrogens with one attached hydrogen (secondary N) is 2. The summed E-state index contributed by atoms with van der Waals surface area (Å²) in [5.74, 6) is 2.69. The minimum Gasteiger partial charge on any atom is -0.493 e. The second-order valence-electron chi connectivity index (χ2n) is 8.33.